The Labute approximate surface area is 117 Å². The van der Waals surface area contributed by atoms with E-state index < -0.39 is 12.0 Å². The highest BCUT2D eigenvalue weighted by molar-refractivity contribution is 5.83. The lowest BCUT2D eigenvalue weighted by Gasteiger charge is -2.16. The number of aromatic nitrogens is 1. The molecule has 1 heterocycles. The van der Waals surface area contributed by atoms with Crippen molar-refractivity contribution >= 4 is 11.9 Å². The smallest absolute Gasteiger partial charge is 0.329 e. The largest absolute Gasteiger partial charge is 0.481 e. The Balaban J connectivity index is 2.46. The average molecular weight is 281 g/mol. The first-order valence-electron chi connectivity index (χ1n) is 6.11. The number of rotatable bonds is 7. The van der Waals surface area contributed by atoms with E-state index in [2.05, 4.69) is 20.4 Å². The van der Waals surface area contributed by atoms with Crippen molar-refractivity contribution in [2.75, 3.05) is 20.8 Å². The SMILES string of the molecule is COC(=O)C(CNCc1ccc(OC)nc1)NC(C)=O. The predicted octanol–water partition coefficient (Wildman–Crippen LogP) is -0.143. The van der Waals surface area contributed by atoms with Crippen molar-refractivity contribution in [3.8, 4) is 5.88 Å². The molecule has 0 aliphatic heterocycles. The van der Waals surface area contributed by atoms with Crippen LogP contribution in [0.3, 0.4) is 0 Å². The van der Waals surface area contributed by atoms with Gasteiger partial charge >= 0.3 is 5.97 Å². The summed E-state index contributed by atoms with van der Waals surface area (Å²) in [6, 6.07) is 2.91. The quantitative estimate of drug-likeness (QED) is 0.676. The van der Waals surface area contributed by atoms with Gasteiger partial charge in [0.05, 0.1) is 14.2 Å². The highest BCUT2D eigenvalue weighted by Crippen LogP contribution is 2.06. The van der Waals surface area contributed by atoms with Crippen LogP contribution in [0.4, 0.5) is 0 Å². The number of hydrogen-bond acceptors (Lipinski definition) is 6. The number of ether oxygens (including phenoxy) is 2. The van der Waals surface area contributed by atoms with Gasteiger partial charge in [-0.1, -0.05) is 6.07 Å². The molecule has 7 heteroatoms. The van der Waals surface area contributed by atoms with Gasteiger partial charge in [-0.05, 0) is 5.56 Å². The molecule has 1 rings (SSSR count). The lowest BCUT2D eigenvalue weighted by molar-refractivity contribution is -0.144. The van der Waals surface area contributed by atoms with Crippen molar-refractivity contribution in [1.29, 1.82) is 0 Å². The predicted molar refractivity (Wildman–Crippen MR) is 72.1 cm³/mol. The van der Waals surface area contributed by atoms with Crippen LogP contribution in [0.25, 0.3) is 0 Å². The van der Waals surface area contributed by atoms with Crippen molar-refractivity contribution in [2.24, 2.45) is 0 Å². The first kappa shape index (κ1) is 15.9. The molecule has 7 nitrogen and oxygen atoms in total. The van der Waals surface area contributed by atoms with Crippen molar-refractivity contribution in [2.45, 2.75) is 19.5 Å². The summed E-state index contributed by atoms with van der Waals surface area (Å²) in [5.74, 6) is -0.228. The molecular weight excluding hydrogens is 262 g/mol. The highest BCUT2D eigenvalue weighted by atomic mass is 16.5. The Morgan fingerprint density at radius 3 is 2.60 bits per heavy atom. The first-order chi connectivity index (χ1) is 9.56. The number of carbonyl (C=O) groups excluding carboxylic acids is 2. The molecule has 2 N–H and O–H groups in total. The summed E-state index contributed by atoms with van der Waals surface area (Å²) < 4.78 is 9.59. The van der Waals surface area contributed by atoms with E-state index >= 15 is 0 Å². The monoisotopic (exact) mass is 281 g/mol. The average Bonchev–Trinajstić information content (AvgIpc) is 2.45. The second-order valence-electron chi connectivity index (χ2n) is 4.12. The minimum Gasteiger partial charge on any atom is -0.481 e. The molecule has 0 spiro atoms. The van der Waals surface area contributed by atoms with Crippen molar-refractivity contribution in [1.82, 2.24) is 15.6 Å². The molecule has 1 aromatic rings. The Morgan fingerprint density at radius 1 is 1.35 bits per heavy atom. The maximum absolute atomic E-state index is 11.5. The zero-order chi connectivity index (χ0) is 15.0. The van der Waals surface area contributed by atoms with Crippen molar-refractivity contribution in [3.63, 3.8) is 0 Å². The molecule has 0 aromatic carbocycles. The van der Waals surface area contributed by atoms with Gasteiger partial charge in [0.25, 0.3) is 0 Å². The second kappa shape index (κ2) is 8.11. The highest BCUT2D eigenvalue weighted by Gasteiger charge is 2.19. The van der Waals surface area contributed by atoms with Gasteiger partial charge < -0.3 is 20.1 Å². The number of nitrogens with zero attached hydrogens (tertiary/aromatic N) is 1. The lowest BCUT2D eigenvalue weighted by Crippen LogP contribution is -2.46. The number of nitrogens with one attached hydrogen (secondary N) is 2. The number of pyridine rings is 1. The van der Waals surface area contributed by atoms with Crippen LogP contribution in [-0.2, 0) is 20.9 Å². The zero-order valence-electron chi connectivity index (χ0n) is 11.8. The van der Waals surface area contributed by atoms with Crippen molar-refractivity contribution < 1.29 is 19.1 Å². The fourth-order valence-electron chi connectivity index (χ4n) is 1.58. The van der Waals surface area contributed by atoms with Gasteiger partial charge in [-0.25, -0.2) is 9.78 Å². The summed E-state index contributed by atoms with van der Waals surface area (Å²) in [6.45, 7) is 2.14. The van der Waals surface area contributed by atoms with Crippen LogP contribution < -0.4 is 15.4 Å². The Hall–Kier alpha value is -2.15. The Kier molecular flexibility index (Phi) is 6.45. The number of methoxy groups -OCH3 is 2. The van der Waals surface area contributed by atoms with Crippen LogP contribution in [0.15, 0.2) is 18.3 Å². The molecule has 1 amide bonds. The van der Waals surface area contributed by atoms with Crippen LogP contribution >= 0.6 is 0 Å². The lowest BCUT2D eigenvalue weighted by atomic mass is 10.2. The minimum atomic E-state index is -0.705. The van der Waals surface area contributed by atoms with E-state index in [-0.39, 0.29) is 12.5 Å². The second-order valence-corrected chi connectivity index (χ2v) is 4.12. The third-order valence-corrected chi connectivity index (χ3v) is 2.55. The molecule has 20 heavy (non-hydrogen) atoms. The maximum atomic E-state index is 11.5. The van der Waals surface area contributed by atoms with Crippen LogP contribution in [0.1, 0.15) is 12.5 Å². The van der Waals surface area contributed by atoms with Gasteiger partial charge in [-0.2, -0.15) is 0 Å². The van der Waals surface area contributed by atoms with Gasteiger partial charge in [-0.3, -0.25) is 4.79 Å². The molecule has 110 valence electrons. The molecule has 1 atom stereocenters. The van der Waals surface area contributed by atoms with Gasteiger partial charge in [0.1, 0.15) is 6.04 Å². The molecule has 1 aromatic heterocycles. The summed E-state index contributed by atoms with van der Waals surface area (Å²) in [4.78, 5) is 26.5. The van der Waals surface area contributed by atoms with Crippen molar-refractivity contribution in [3.05, 3.63) is 23.9 Å². The molecule has 1 unspecified atom stereocenters. The van der Waals surface area contributed by atoms with Gasteiger partial charge in [0.15, 0.2) is 0 Å². The maximum Gasteiger partial charge on any atom is 0.329 e. The van der Waals surface area contributed by atoms with E-state index in [1.165, 1.54) is 14.0 Å². The fourth-order valence-corrected chi connectivity index (χ4v) is 1.58. The van der Waals surface area contributed by atoms with Gasteiger partial charge in [-0.15, -0.1) is 0 Å². The summed E-state index contributed by atoms with van der Waals surface area (Å²) >= 11 is 0. The molecule has 0 fully saturated rings. The summed E-state index contributed by atoms with van der Waals surface area (Å²) in [5, 5.41) is 5.59. The number of esters is 1. The molecular formula is C13H19N3O4. The fraction of sp³-hybridized carbons (Fsp3) is 0.462. The van der Waals surface area contributed by atoms with E-state index in [4.69, 9.17) is 4.74 Å². The van der Waals surface area contributed by atoms with Crippen LogP contribution in [0.2, 0.25) is 0 Å². The van der Waals surface area contributed by atoms with Gasteiger partial charge in [0.2, 0.25) is 11.8 Å². The third kappa shape index (κ3) is 5.23. The molecule has 0 bridgehead atoms. The summed E-state index contributed by atoms with van der Waals surface area (Å²) in [5.41, 5.74) is 0.942. The number of hydrogen-bond donors (Lipinski definition) is 2. The number of amides is 1. The standard InChI is InChI=1S/C13H19N3O4/c1-9(17)16-11(13(18)20-3)8-14-6-10-4-5-12(19-2)15-7-10/h4-5,7,11,14H,6,8H2,1-3H3,(H,16,17). The molecule has 0 aliphatic carbocycles. The van der Waals surface area contributed by atoms with E-state index in [1.54, 1.807) is 19.4 Å². The van der Waals surface area contributed by atoms with E-state index in [1.807, 2.05) is 6.07 Å². The zero-order valence-corrected chi connectivity index (χ0v) is 11.8. The third-order valence-electron chi connectivity index (χ3n) is 2.55. The minimum absolute atomic E-state index is 0.276. The van der Waals surface area contributed by atoms with E-state index in [0.717, 1.165) is 5.56 Å². The molecule has 0 aliphatic rings. The summed E-state index contributed by atoms with van der Waals surface area (Å²) in [7, 11) is 2.83. The normalized spacial score (nSPS) is 11.6. The van der Waals surface area contributed by atoms with Gasteiger partial charge in [0, 0.05) is 32.3 Å². The molecule has 0 radical (unpaired) electrons. The topological polar surface area (TPSA) is 89.6 Å². The Bertz CT molecular complexity index is 447. The van der Waals surface area contributed by atoms with E-state index in [0.29, 0.717) is 12.4 Å². The number of carbonyl (C=O) groups is 2. The molecule has 0 saturated heterocycles. The van der Waals surface area contributed by atoms with Crippen LogP contribution in [0.5, 0.6) is 5.88 Å². The van der Waals surface area contributed by atoms with E-state index in [9.17, 15) is 9.59 Å². The van der Waals surface area contributed by atoms with Crippen LogP contribution in [0, 0.1) is 0 Å². The molecule has 0 saturated carbocycles. The Morgan fingerprint density at radius 2 is 2.10 bits per heavy atom. The summed E-state index contributed by atoms with van der Waals surface area (Å²) in [6.07, 6.45) is 1.68. The van der Waals surface area contributed by atoms with Crippen LogP contribution in [-0.4, -0.2) is 43.7 Å². The first-order valence-corrected chi connectivity index (χ1v) is 6.11.